The minimum atomic E-state index is -0.340. The van der Waals surface area contributed by atoms with Crippen LogP contribution in [0.5, 0.6) is 0 Å². The zero-order chi connectivity index (χ0) is 12.5. The average molecular weight is 250 g/mol. The Morgan fingerprint density at radius 3 is 2.76 bits per heavy atom. The molecule has 2 heterocycles. The lowest BCUT2D eigenvalue weighted by Gasteiger charge is -2.17. The van der Waals surface area contributed by atoms with Gasteiger partial charge in [0, 0.05) is 10.4 Å². The van der Waals surface area contributed by atoms with Gasteiger partial charge in [0.2, 0.25) is 0 Å². The van der Waals surface area contributed by atoms with Crippen molar-refractivity contribution in [3.8, 4) is 10.8 Å². The van der Waals surface area contributed by atoms with Gasteiger partial charge in [-0.15, -0.1) is 11.3 Å². The standard InChI is InChI=1S/C13H18N2OS/c1-4-6-9-11(13(2,3)14)17-12(15-9)10-7-5-8-16-10/h5,7-8H,4,6,14H2,1-3H3. The van der Waals surface area contributed by atoms with E-state index in [1.807, 2.05) is 26.0 Å². The summed E-state index contributed by atoms with van der Waals surface area (Å²) in [6, 6.07) is 3.81. The molecule has 0 saturated carbocycles. The van der Waals surface area contributed by atoms with Gasteiger partial charge in [0.1, 0.15) is 0 Å². The molecule has 0 aromatic carbocycles. The predicted molar refractivity (Wildman–Crippen MR) is 71.0 cm³/mol. The van der Waals surface area contributed by atoms with Crippen molar-refractivity contribution in [2.75, 3.05) is 0 Å². The first-order valence-electron chi connectivity index (χ1n) is 5.85. The van der Waals surface area contributed by atoms with Crippen LogP contribution in [0.2, 0.25) is 0 Å². The number of aromatic nitrogens is 1. The van der Waals surface area contributed by atoms with E-state index >= 15 is 0 Å². The van der Waals surface area contributed by atoms with Crippen molar-refractivity contribution >= 4 is 11.3 Å². The van der Waals surface area contributed by atoms with Gasteiger partial charge < -0.3 is 10.2 Å². The van der Waals surface area contributed by atoms with E-state index in [0.29, 0.717) is 0 Å². The van der Waals surface area contributed by atoms with E-state index in [9.17, 15) is 0 Å². The van der Waals surface area contributed by atoms with Crippen LogP contribution < -0.4 is 5.73 Å². The van der Waals surface area contributed by atoms with Gasteiger partial charge in [-0.2, -0.15) is 0 Å². The minimum Gasteiger partial charge on any atom is -0.462 e. The van der Waals surface area contributed by atoms with Gasteiger partial charge in [-0.05, 0) is 32.4 Å². The summed E-state index contributed by atoms with van der Waals surface area (Å²) in [5, 5.41) is 0.923. The fourth-order valence-electron chi connectivity index (χ4n) is 1.77. The number of thiazole rings is 1. The molecule has 3 nitrogen and oxygen atoms in total. The highest BCUT2D eigenvalue weighted by atomic mass is 32.1. The molecular weight excluding hydrogens is 232 g/mol. The smallest absolute Gasteiger partial charge is 0.162 e. The normalized spacial score (nSPS) is 12.0. The third-order valence-corrected chi connectivity index (χ3v) is 3.95. The molecule has 2 aromatic heterocycles. The van der Waals surface area contributed by atoms with Crippen LogP contribution in [0.1, 0.15) is 37.8 Å². The molecule has 0 radical (unpaired) electrons. The molecule has 2 N–H and O–H groups in total. The Balaban J connectivity index is 2.45. The Bertz CT molecular complexity index is 480. The van der Waals surface area contributed by atoms with Gasteiger partial charge >= 0.3 is 0 Å². The van der Waals surface area contributed by atoms with Crippen molar-refractivity contribution in [2.24, 2.45) is 5.73 Å². The second-order valence-electron chi connectivity index (χ2n) is 4.74. The van der Waals surface area contributed by atoms with E-state index in [2.05, 4.69) is 11.9 Å². The fourth-order valence-corrected chi connectivity index (χ4v) is 2.86. The summed E-state index contributed by atoms with van der Waals surface area (Å²) < 4.78 is 5.39. The maximum Gasteiger partial charge on any atom is 0.162 e. The van der Waals surface area contributed by atoms with Gasteiger partial charge in [0.05, 0.1) is 12.0 Å². The number of rotatable bonds is 4. The molecular formula is C13H18N2OS. The van der Waals surface area contributed by atoms with Crippen molar-refractivity contribution in [3.63, 3.8) is 0 Å². The zero-order valence-corrected chi connectivity index (χ0v) is 11.3. The lowest BCUT2D eigenvalue weighted by atomic mass is 10.0. The summed E-state index contributed by atoms with van der Waals surface area (Å²) >= 11 is 1.63. The molecule has 0 aliphatic carbocycles. The molecule has 0 amide bonds. The van der Waals surface area contributed by atoms with Crippen LogP contribution in [0, 0.1) is 0 Å². The molecule has 0 spiro atoms. The first-order valence-corrected chi connectivity index (χ1v) is 6.67. The largest absolute Gasteiger partial charge is 0.462 e. The first-order chi connectivity index (χ1) is 8.02. The van der Waals surface area contributed by atoms with E-state index in [-0.39, 0.29) is 5.54 Å². The van der Waals surface area contributed by atoms with E-state index < -0.39 is 0 Å². The Kier molecular flexibility index (Phi) is 3.35. The summed E-state index contributed by atoms with van der Waals surface area (Å²) in [7, 11) is 0. The van der Waals surface area contributed by atoms with Crippen LogP contribution in [0.4, 0.5) is 0 Å². The van der Waals surface area contributed by atoms with Crippen molar-refractivity contribution in [2.45, 2.75) is 39.2 Å². The molecule has 0 saturated heterocycles. The molecule has 0 atom stereocenters. The van der Waals surface area contributed by atoms with E-state index in [4.69, 9.17) is 10.2 Å². The fraction of sp³-hybridized carbons (Fsp3) is 0.462. The molecule has 2 rings (SSSR count). The third-order valence-electron chi connectivity index (χ3n) is 2.50. The Labute approximate surface area is 106 Å². The van der Waals surface area contributed by atoms with Crippen molar-refractivity contribution < 1.29 is 4.42 Å². The number of aryl methyl sites for hydroxylation is 1. The van der Waals surface area contributed by atoms with E-state index in [0.717, 1.165) is 34.2 Å². The second-order valence-corrected chi connectivity index (χ2v) is 5.74. The highest BCUT2D eigenvalue weighted by molar-refractivity contribution is 7.15. The summed E-state index contributed by atoms with van der Waals surface area (Å²) in [4.78, 5) is 5.81. The molecule has 0 unspecified atom stereocenters. The lowest BCUT2D eigenvalue weighted by Crippen LogP contribution is -2.28. The van der Waals surface area contributed by atoms with Crippen LogP contribution >= 0.6 is 11.3 Å². The van der Waals surface area contributed by atoms with Crippen molar-refractivity contribution in [1.82, 2.24) is 4.98 Å². The highest BCUT2D eigenvalue weighted by Crippen LogP contribution is 2.34. The van der Waals surface area contributed by atoms with Crippen LogP contribution in [0.3, 0.4) is 0 Å². The van der Waals surface area contributed by atoms with E-state index in [1.54, 1.807) is 17.6 Å². The van der Waals surface area contributed by atoms with Gasteiger partial charge in [0.25, 0.3) is 0 Å². The molecule has 92 valence electrons. The van der Waals surface area contributed by atoms with Gasteiger partial charge in [0.15, 0.2) is 10.8 Å². The predicted octanol–water partition coefficient (Wildman–Crippen LogP) is 3.55. The molecule has 17 heavy (non-hydrogen) atoms. The molecule has 0 aliphatic heterocycles. The number of nitrogens with two attached hydrogens (primary N) is 1. The molecule has 0 aliphatic rings. The van der Waals surface area contributed by atoms with Crippen LogP contribution in [-0.2, 0) is 12.0 Å². The van der Waals surface area contributed by atoms with Crippen LogP contribution in [-0.4, -0.2) is 4.98 Å². The summed E-state index contributed by atoms with van der Waals surface area (Å²) in [6.07, 6.45) is 3.71. The van der Waals surface area contributed by atoms with Crippen molar-refractivity contribution in [1.29, 1.82) is 0 Å². The number of nitrogens with zero attached hydrogens (tertiary/aromatic N) is 1. The maximum atomic E-state index is 6.19. The van der Waals surface area contributed by atoms with Crippen LogP contribution in [0.15, 0.2) is 22.8 Å². The lowest BCUT2D eigenvalue weighted by molar-refractivity contribution is 0.557. The summed E-state index contributed by atoms with van der Waals surface area (Å²) in [6.45, 7) is 6.19. The monoisotopic (exact) mass is 250 g/mol. The number of hydrogen-bond acceptors (Lipinski definition) is 4. The molecule has 0 fully saturated rings. The van der Waals surface area contributed by atoms with Crippen molar-refractivity contribution in [3.05, 3.63) is 29.0 Å². The van der Waals surface area contributed by atoms with Crippen LogP contribution in [0.25, 0.3) is 10.8 Å². The topological polar surface area (TPSA) is 52.0 Å². The maximum absolute atomic E-state index is 6.19. The van der Waals surface area contributed by atoms with E-state index in [1.165, 1.54) is 0 Å². The van der Waals surface area contributed by atoms with Gasteiger partial charge in [-0.3, -0.25) is 0 Å². The zero-order valence-electron chi connectivity index (χ0n) is 10.5. The Hall–Kier alpha value is -1.13. The SMILES string of the molecule is CCCc1nc(-c2ccco2)sc1C(C)(C)N. The van der Waals surface area contributed by atoms with Gasteiger partial charge in [-0.25, -0.2) is 4.98 Å². The summed E-state index contributed by atoms with van der Waals surface area (Å²) in [5.41, 5.74) is 6.96. The molecule has 4 heteroatoms. The van der Waals surface area contributed by atoms with Gasteiger partial charge in [-0.1, -0.05) is 13.3 Å². The highest BCUT2D eigenvalue weighted by Gasteiger charge is 2.24. The minimum absolute atomic E-state index is 0.340. The quantitative estimate of drug-likeness (QED) is 0.902. The molecule has 2 aromatic rings. The first kappa shape index (κ1) is 12.3. The molecule has 0 bridgehead atoms. The summed E-state index contributed by atoms with van der Waals surface area (Å²) in [5.74, 6) is 0.822. The Morgan fingerprint density at radius 1 is 1.47 bits per heavy atom. The number of furan rings is 1. The number of hydrogen-bond donors (Lipinski definition) is 1. The second kappa shape index (κ2) is 4.63. The Morgan fingerprint density at radius 2 is 2.24 bits per heavy atom. The third kappa shape index (κ3) is 2.58. The average Bonchev–Trinajstić information content (AvgIpc) is 2.82.